The molecule has 0 aliphatic carbocycles. The van der Waals surface area contributed by atoms with Crippen molar-refractivity contribution >= 4 is 11.5 Å². The van der Waals surface area contributed by atoms with Crippen LogP contribution >= 0.6 is 0 Å². The number of benzene rings is 1. The summed E-state index contributed by atoms with van der Waals surface area (Å²) < 4.78 is 38.5. The van der Waals surface area contributed by atoms with Gasteiger partial charge in [0.2, 0.25) is 0 Å². The highest BCUT2D eigenvalue weighted by molar-refractivity contribution is 5.51. The normalized spacial score (nSPS) is 15.8. The summed E-state index contributed by atoms with van der Waals surface area (Å²) >= 11 is 0. The fourth-order valence-electron chi connectivity index (χ4n) is 2.78. The second-order valence-electron chi connectivity index (χ2n) is 5.66. The number of hydrogen-bond acceptors (Lipinski definition) is 3. The van der Waals surface area contributed by atoms with Gasteiger partial charge in [-0.1, -0.05) is 12.1 Å². The predicted octanol–water partition coefficient (Wildman–Crippen LogP) is 3.74. The second-order valence-corrected chi connectivity index (χ2v) is 5.66. The third-order valence-corrected chi connectivity index (χ3v) is 4.02. The molecule has 0 saturated carbocycles. The maximum absolute atomic E-state index is 12.8. The van der Waals surface area contributed by atoms with E-state index in [2.05, 4.69) is 9.88 Å². The lowest BCUT2D eigenvalue weighted by Crippen LogP contribution is -2.46. The van der Waals surface area contributed by atoms with Gasteiger partial charge < -0.3 is 9.80 Å². The Morgan fingerprint density at radius 2 is 1.57 bits per heavy atom. The van der Waals surface area contributed by atoms with Gasteiger partial charge in [-0.25, -0.2) is 4.98 Å². The van der Waals surface area contributed by atoms with Crippen molar-refractivity contribution in [3.63, 3.8) is 0 Å². The minimum Gasteiger partial charge on any atom is -0.368 e. The van der Waals surface area contributed by atoms with Crippen molar-refractivity contribution in [3.05, 3.63) is 53.7 Å². The van der Waals surface area contributed by atoms with Gasteiger partial charge >= 0.3 is 6.18 Å². The van der Waals surface area contributed by atoms with E-state index in [0.29, 0.717) is 18.8 Å². The maximum atomic E-state index is 12.8. The van der Waals surface area contributed by atoms with E-state index in [9.17, 15) is 13.2 Å². The van der Waals surface area contributed by atoms with Crippen LogP contribution in [0.2, 0.25) is 0 Å². The molecule has 0 spiro atoms. The lowest BCUT2D eigenvalue weighted by molar-refractivity contribution is -0.137. The molecule has 1 saturated heterocycles. The van der Waals surface area contributed by atoms with E-state index in [0.717, 1.165) is 30.7 Å². The molecule has 0 atom stereocenters. The number of piperazine rings is 1. The number of nitrogens with zero attached hydrogens (tertiary/aromatic N) is 3. The van der Waals surface area contributed by atoms with Crippen molar-refractivity contribution < 1.29 is 13.2 Å². The molecule has 0 N–H and O–H groups in total. The molecule has 0 amide bonds. The summed E-state index contributed by atoms with van der Waals surface area (Å²) in [6, 6.07) is 11.4. The van der Waals surface area contributed by atoms with Crippen LogP contribution in [0.3, 0.4) is 0 Å². The topological polar surface area (TPSA) is 19.4 Å². The van der Waals surface area contributed by atoms with Gasteiger partial charge in [0.05, 0.1) is 5.56 Å². The quantitative estimate of drug-likeness (QED) is 0.840. The Kier molecular flexibility index (Phi) is 4.15. The van der Waals surface area contributed by atoms with Gasteiger partial charge in [-0.2, -0.15) is 13.2 Å². The van der Waals surface area contributed by atoms with E-state index >= 15 is 0 Å². The molecule has 1 aromatic carbocycles. The molecular weight excluding hydrogens is 303 g/mol. The molecule has 0 radical (unpaired) electrons. The van der Waals surface area contributed by atoms with Crippen molar-refractivity contribution in [1.82, 2.24) is 4.98 Å². The Hall–Kier alpha value is -2.24. The highest BCUT2D eigenvalue weighted by Gasteiger charge is 2.31. The monoisotopic (exact) mass is 321 g/mol. The first kappa shape index (κ1) is 15.6. The lowest BCUT2D eigenvalue weighted by atomic mass is 10.1. The number of hydrogen-bond donors (Lipinski definition) is 0. The standard InChI is InChI=1S/C17H18F3N3/c1-13-4-2-7-16(21-13)23-10-8-22(9-11-23)15-6-3-5-14(12-15)17(18,19)20/h2-7,12H,8-11H2,1H3. The number of alkyl halides is 3. The molecule has 6 heteroatoms. The molecule has 122 valence electrons. The summed E-state index contributed by atoms with van der Waals surface area (Å²) in [5.74, 6) is 0.925. The Labute approximate surface area is 133 Å². The first-order valence-corrected chi connectivity index (χ1v) is 7.54. The Bertz CT molecular complexity index is 677. The van der Waals surface area contributed by atoms with Gasteiger partial charge in [0.15, 0.2) is 0 Å². The first-order valence-electron chi connectivity index (χ1n) is 7.54. The molecule has 3 rings (SSSR count). The molecule has 1 aliphatic heterocycles. The van der Waals surface area contributed by atoms with Crippen molar-refractivity contribution in [3.8, 4) is 0 Å². The molecule has 2 heterocycles. The summed E-state index contributed by atoms with van der Waals surface area (Å²) in [5, 5.41) is 0. The number of aromatic nitrogens is 1. The average Bonchev–Trinajstić information content (AvgIpc) is 2.54. The van der Waals surface area contributed by atoms with Crippen molar-refractivity contribution in [2.75, 3.05) is 36.0 Å². The van der Waals surface area contributed by atoms with Gasteiger partial charge in [0, 0.05) is 37.6 Å². The zero-order chi connectivity index (χ0) is 16.4. The van der Waals surface area contributed by atoms with Gasteiger partial charge in [0.25, 0.3) is 0 Å². The van der Waals surface area contributed by atoms with Crippen molar-refractivity contribution in [1.29, 1.82) is 0 Å². The Morgan fingerprint density at radius 3 is 2.22 bits per heavy atom. The van der Waals surface area contributed by atoms with Crippen LogP contribution in [0.25, 0.3) is 0 Å². The third kappa shape index (κ3) is 3.57. The maximum Gasteiger partial charge on any atom is 0.416 e. The molecular formula is C17H18F3N3. The van der Waals surface area contributed by atoms with E-state index in [4.69, 9.17) is 0 Å². The van der Waals surface area contributed by atoms with Crippen LogP contribution in [0.5, 0.6) is 0 Å². The summed E-state index contributed by atoms with van der Waals surface area (Å²) in [6.45, 7) is 4.79. The number of halogens is 3. The summed E-state index contributed by atoms with van der Waals surface area (Å²) in [7, 11) is 0. The summed E-state index contributed by atoms with van der Waals surface area (Å²) in [4.78, 5) is 8.65. The highest BCUT2D eigenvalue weighted by atomic mass is 19.4. The Balaban J connectivity index is 1.70. The van der Waals surface area contributed by atoms with Gasteiger partial charge in [-0.05, 0) is 37.3 Å². The third-order valence-electron chi connectivity index (χ3n) is 4.02. The molecule has 1 aliphatic rings. The van der Waals surface area contributed by atoms with Crippen LogP contribution < -0.4 is 9.80 Å². The van der Waals surface area contributed by atoms with E-state index in [1.54, 1.807) is 6.07 Å². The number of pyridine rings is 1. The van der Waals surface area contributed by atoms with E-state index in [-0.39, 0.29) is 0 Å². The molecule has 23 heavy (non-hydrogen) atoms. The van der Waals surface area contributed by atoms with Crippen LogP contribution in [-0.2, 0) is 6.18 Å². The van der Waals surface area contributed by atoms with Crippen LogP contribution in [0.1, 0.15) is 11.3 Å². The zero-order valence-corrected chi connectivity index (χ0v) is 12.8. The zero-order valence-electron chi connectivity index (χ0n) is 12.8. The lowest BCUT2D eigenvalue weighted by Gasteiger charge is -2.37. The van der Waals surface area contributed by atoms with E-state index in [1.165, 1.54) is 12.1 Å². The molecule has 1 aromatic heterocycles. The molecule has 0 bridgehead atoms. The van der Waals surface area contributed by atoms with Crippen LogP contribution in [0.4, 0.5) is 24.7 Å². The van der Waals surface area contributed by atoms with Crippen LogP contribution in [0.15, 0.2) is 42.5 Å². The van der Waals surface area contributed by atoms with Gasteiger partial charge in [-0.15, -0.1) is 0 Å². The van der Waals surface area contributed by atoms with Gasteiger partial charge in [-0.3, -0.25) is 0 Å². The average molecular weight is 321 g/mol. The molecule has 0 unspecified atom stereocenters. The molecule has 1 fully saturated rings. The minimum atomic E-state index is -4.30. The predicted molar refractivity (Wildman–Crippen MR) is 84.8 cm³/mol. The summed E-state index contributed by atoms with van der Waals surface area (Å²) in [5.41, 5.74) is 0.984. The van der Waals surface area contributed by atoms with E-state index in [1.807, 2.05) is 30.0 Å². The fraction of sp³-hybridized carbons (Fsp3) is 0.353. The Morgan fingerprint density at radius 1 is 0.913 bits per heavy atom. The summed E-state index contributed by atoms with van der Waals surface area (Å²) in [6.07, 6.45) is -4.30. The number of aryl methyl sites for hydroxylation is 1. The van der Waals surface area contributed by atoms with E-state index < -0.39 is 11.7 Å². The number of rotatable bonds is 2. The second kappa shape index (κ2) is 6.10. The molecule has 3 nitrogen and oxygen atoms in total. The van der Waals surface area contributed by atoms with Crippen molar-refractivity contribution in [2.24, 2.45) is 0 Å². The van der Waals surface area contributed by atoms with Crippen molar-refractivity contribution in [2.45, 2.75) is 13.1 Å². The van der Waals surface area contributed by atoms with Gasteiger partial charge in [0.1, 0.15) is 5.82 Å². The first-order chi connectivity index (χ1) is 10.9. The largest absolute Gasteiger partial charge is 0.416 e. The fourth-order valence-corrected chi connectivity index (χ4v) is 2.78. The highest BCUT2D eigenvalue weighted by Crippen LogP contribution is 2.32. The SMILES string of the molecule is Cc1cccc(N2CCN(c3cccc(C(F)(F)F)c3)CC2)n1. The number of anilines is 2. The minimum absolute atomic E-state index is 0.599. The smallest absolute Gasteiger partial charge is 0.368 e. The van der Waals surface area contributed by atoms with Crippen LogP contribution in [-0.4, -0.2) is 31.2 Å². The molecule has 2 aromatic rings. The van der Waals surface area contributed by atoms with Crippen LogP contribution in [0, 0.1) is 6.92 Å².